The van der Waals surface area contributed by atoms with Crippen LogP contribution in [-0.2, 0) is 6.54 Å². The Morgan fingerprint density at radius 2 is 1.85 bits per heavy atom. The van der Waals surface area contributed by atoms with E-state index in [1.54, 1.807) is 42.5 Å². The topological polar surface area (TPSA) is 103 Å². The van der Waals surface area contributed by atoms with Gasteiger partial charge in [0.2, 0.25) is 5.82 Å². The van der Waals surface area contributed by atoms with Crippen molar-refractivity contribution in [2.75, 3.05) is 6.61 Å². The summed E-state index contributed by atoms with van der Waals surface area (Å²) in [7, 11) is 0. The molecule has 8 nitrogen and oxygen atoms in total. The fraction of sp³-hybridized carbons (Fsp3) is 0.120. The van der Waals surface area contributed by atoms with Crippen molar-refractivity contribution in [2.24, 2.45) is 0 Å². The zero-order valence-electron chi connectivity index (χ0n) is 18.1. The molecule has 0 aliphatic carbocycles. The van der Waals surface area contributed by atoms with E-state index in [-0.39, 0.29) is 12.4 Å². The first-order valence-electron chi connectivity index (χ1n) is 10.6. The first-order chi connectivity index (χ1) is 16.5. The second kappa shape index (κ2) is 8.99. The van der Waals surface area contributed by atoms with E-state index in [4.69, 9.17) is 20.9 Å². The summed E-state index contributed by atoms with van der Waals surface area (Å²) >= 11 is 5.92. The number of ether oxygens (including phenoxy) is 1. The Balaban J connectivity index is 1.50. The average molecular weight is 475 g/mol. The van der Waals surface area contributed by atoms with Gasteiger partial charge in [-0.1, -0.05) is 41.0 Å². The van der Waals surface area contributed by atoms with Crippen LogP contribution in [0.1, 0.15) is 12.5 Å². The van der Waals surface area contributed by atoms with Gasteiger partial charge in [-0.3, -0.25) is 9.36 Å². The molecule has 3 aromatic carbocycles. The SMILES string of the molecule is CCOc1ccccc1-c1noc(-c2ccc3c(=O)n(Cc4ccc(Cl)cc4)c(=O)[nH]c3c2)n1. The van der Waals surface area contributed by atoms with Gasteiger partial charge in [-0.05, 0) is 55.0 Å². The number of benzene rings is 3. The molecule has 34 heavy (non-hydrogen) atoms. The van der Waals surface area contributed by atoms with E-state index in [1.807, 2.05) is 31.2 Å². The second-order valence-corrected chi connectivity index (χ2v) is 8.00. The van der Waals surface area contributed by atoms with Gasteiger partial charge >= 0.3 is 5.69 Å². The van der Waals surface area contributed by atoms with Crippen LogP contribution in [-0.4, -0.2) is 26.3 Å². The molecule has 0 bridgehead atoms. The lowest BCUT2D eigenvalue weighted by molar-refractivity contribution is 0.341. The lowest BCUT2D eigenvalue weighted by Crippen LogP contribution is -2.35. The van der Waals surface area contributed by atoms with E-state index in [9.17, 15) is 9.59 Å². The molecule has 2 aromatic heterocycles. The number of halogens is 1. The average Bonchev–Trinajstić information content (AvgIpc) is 3.33. The highest BCUT2D eigenvalue weighted by molar-refractivity contribution is 6.30. The lowest BCUT2D eigenvalue weighted by atomic mass is 10.1. The van der Waals surface area contributed by atoms with Gasteiger partial charge in [0.15, 0.2) is 0 Å². The first-order valence-corrected chi connectivity index (χ1v) is 11.0. The zero-order valence-corrected chi connectivity index (χ0v) is 18.9. The molecule has 0 fully saturated rings. The largest absolute Gasteiger partial charge is 0.493 e. The van der Waals surface area contributed by atoms with Crippen molar-refractivity contribution in [3.8, 4) is 28.6 Å². The number of aromatic amines is 1. The molecule has 0 unspecified atom stereocenters. The van der Waals surface area contributed by atoms with Gasteiger partial charge in [-0.15, -0.1) is 0 Å². The Kier molecular flexibility index (Phi) is 5.73. The highest BCUT2D eigenvalue weighted by atomic mass is 35.5. The quantitative estimate of drug-likeness (QED) is 0.388. The maximum absolute atomic E-state index is 13.0. The maximum Gasteiger partial charge on any atom is 0.329 e. The molecule has 0 saturated carbocycles. The number of H-pyrrole nitrogens is 1. The van der Waals surface area contributed by atoms with E-state index in [2.05, 4.69) is 15.1 Å². The molecule has 0 aliphatic heterocycles. The van der Waals surface area contributed by atoms with Crippen molar-refractivity contribution >= 4 is 22.5 Å². The van der Waals surface area contributed by atoms with Crippen LogP contribution in [0.4, 0.5) is 0 Å². The van der Waals surface area contributed by atoms with Crippen LogP contribution in [0, 0.1) is 0 Å². The molecular formula is C25H19ClN4O4. The number of para-hydroxylation sites is 1. The Hall–Kier alpha value is -4.17. The second-order valence-electron chi connectivity index (χ2n) is 7.56. The minimum absolute atomic E-state index is 0.134. The summed E-state index contributed by atoms with van der Waals surface area (Å²) in [5.41, 5.74) is 1.55. The molecule has 170 valence electrons. The molecule has 0 amide bonds. The maximum atomic E-state index is 13.0. The van der Waals surface area contributed by atoms with E-state index in [0.29, 0.717) is 45.2 Å². The van der Waals surface area contributed by atoms with Crippen LogP contribution in [0.25, 0.3) is 33.7 Å². The fourth-order valence-electron chi connectivity index (χ4n) is 3.69. The summed E-state index contributed by atoms with van der Waals surface area (Å²) in [6, 6.07) is 19.4. The van der Waals surface area contributed by atoms with Gasteiger partial charge in [-0.2, -0.15) is 4.98 Å². The summed E-state index contributed by atoms with van der Waals surface area (Å²) in [4.78, 5) is 32.9. The third-order valence-corrected chi connectivity index (χ3v) is 5.59. The van der Waals surface area contributed by atoms with Gasteiger partial charge in [0, 0.05) is 10.6 Å². The number of hydrogen-bond donors (Lipinski definition) is 1. The molecule has 1 N–H and O–H groups in total. The summed E-state index contributed by atoms with van der Waals surface area (Å²) in [5.74, 6) is 1.29. The molecular weight excluding hydrogens is 456 g/mol. The number of aromatic nitrogens is 4. The van der Waals surface area contributed by atoms with Gasteiger partial charge in [-0.25, -0.2) is 4.79 Å². The van der Waals surface area contributed by atoms with Crippen molar-refractivity contribution in [3.63, 3.8) is 0 Å². The van der Waals surface area contributed by atoms with Crippen molar-refractivity contribution in [2.45, 2.75) is 13.5 Å². The van der Waals surface area contributed by atoms with E-state index in [0.717, 1.165) is 10.1 Å². The number of hydrogen-bond acceptors (Lipinski definition) is 6. The Morgan fingerprint density at radius 3 is 2.65 bits per heavy atom. The number of fused-ring (bicyclic) bond motifs is 1. The highest BCUT2D eigenvalue weighted by Crippen LogP contribution is 2.30. The number of nitrogens with zero attached hydrogens (tertiary/aromatic N) is 3. The minimum atomic E-state index is -0.513. The molecule has 9 heteroatoms. The highest BCUT2D eigenvalue weighted by Gasteiger charge is 2.16. The molecule has 5 rings (SSSR count). The molecule has 0 saturated heterocycles. The zero-order chi connectivity index (χ0) is 23.7. The Morgan fingerprint density at radius 1 is 1.06 bits per heavy atom. The molecule has 5 aromatic rings. The monoisotopic (exact) mass is 474 g/mol. The van der Waals surface area contributed by atoms with Gasteiger partial charge < -0.3 is 14.2 Å². The minimum Gasteiger partial charge on any atom is -0.493 e. The molecule has 2 heterocycles. The van der Waals surface area contributed by atoms with Crippen LogP contribution in [0.3, 0.4) is 0 Å². The van der Waals surface area contributed by atoms with Gasteiger partial charge in [0.1, 0.15) is 5.75 Å². The van der Waals surface area contributed by atoms with Crippen LogP contribution in [0.2, 0.25) is 5.02 Å². The van der Waals surface area contributed by atoms with Gasteiger partial charge in [0.25, 0.3) is 11.4 Å². The molecule has 0 aliphatic rings. The van der Waals surface area contributed by atoms with Crippen LogP contribution in [0.15, 0.2) is 80.8 Å². The predicted molar refractivity (Wildman–Crippen MR) is 129 cm³/mol. The summed E-state index contributed by atoms with van der Waals surface area (Å²) < 4.78 is 12.3. The van der Waals surface area contributed by atoms with Crippen LogP contribution in [0.5, 0.6) is 5.75 Å². The van der Waals surface area contributed by atoms with Crippen molar-refractivity contribution in [1.82, 2.24) is 19.7 Å². The number of rotatable bonds is 6. The standard InChI is InChI=1S/C25H19ClN4O4/c1-2-33-21-6-4-3-5-19(21)22-28-23(34-29-22)16-9-12-18-20(13-16)27-25(32)30(24(18)31)14-15-7-10-17(26)11-8-15/h3-13H,2,14H2,1H3,(H,27,32). The first kappa shape index (κ1) is 21.7. The van der Waals surface area contributed by atoms with E-state index in [1.165, 1.54) is 0 Å². The third kappa shape index (κ3) is 4.11. The Bertz CT molecular complexity index is 1600. The number of nitrogens with one attached hydrogen (secondary N) is 1. The smallest absolute Gasteiger partial charge is 0.329 e. The van der Waals surface area contributed by atoms with Gasteiger partial charge in [0.05, 0.1) is 29.6 Å². The molecule has 0 spiro atoms. The summed E-state index contributed by atoms with van der Waals surface area (Å²) in [6.45, 7) is 2.54. The lowest BCUT2D eigenvalue weighted by Gasteiger charge is -2.07. The summed E-state index contributed by atoms with van der Waals surface area (Å²) in [6.07, 6.45) is 0. The van der Waals surface area contributed by atoms with E-state index >= 15 is 0 Å². The predicted octanol–water partition coefficient (Wildman–Crippen LogP) is 4.51. The Labute approximate surface area is 198 Å². The molecule has 0 atom stereocenters. The van der Waals surface area contributed by atoms with Crippen molar-refractivity contribution < 1.29 is 9.26 Å². The van der Waals surface area contributed by atoms with E-state index < -0.39 is 11.2 Å². The van der Waals surface area contributed by atoms with Crippen molar-refractivity contribution in [1.29, 1.82) is 0 Å². The third-order valence-electron chi connectivity index (χ3n) is 5.34. The fourth-order valence-corrected chi connectivity index (χ4v) is 3.81. The molecule has 0 radical (unpaired) electrons. The normalized spacial score (nSPS) is 11.1. The van der Waals surface area contributed by atoms with Crippen molar-refractivity contribution in [3.05, 3.63) is 98.2 Å². The van der Waals surface area contributed by atoms with Crippen LogP contribution >= 0.6 is 11.6 Å². The van der Waals surface area contributed by atoms with Crippen LogP contribution < -0.4 is 16.0 Å². The summed E-state index contributed by atoms with van der Waals surface area (Å²) in [5, 5.41) is 5.03.